The fourth-order valence-electron chi connectivity index (χ4n) is 1.74. The van der Waals surface area contributed by atoms with Crippen molar-refractivity contribution in [2.75, 3.05) is 0 Å². The third kappa shape index (κ3) is 3.87. The summed E-state index contributed by atoms with van der Waals surface area (Å²) in [5.41, 5.74) is 0.980. The van der Waals surface area contributed by atoms with Crippen molar-refractivity contribution in [2.24, 2.45) is 0 Å². The van der Waals surface area contributed by atoms with E-state index in [1.54, 1.807) is 12.1 Å². The van der Waals surface area contributed by atoms with E-state index in [0.29, 0.717) is 10.5 Å². The lowest BCUT2D eigenvalue weighted by atomic mass is 10.2. The van der Waals surface area contributed by atoms with Gasteiger partial charge in [0.25, 0.3) is 0 Å². The van der Waals surface area contributed by atoms with Crippen LogP contribution in [0.25, 0.3) is 0 Å². The number of halogens is 3. The van der Waals surface area contributed by atoms with E-state index in [9.17, 15) is 17.2 Å². The predicted octanol–water partition coefficient (Wildman–Crippen LogP) is 3.51. The van der Waals surface area contributed by atoms with Crippen molar-refractivity contribution in [3.63, 3.8) is 0 Å². The van der Waals surface area contributed by atoms with Gasteiger partial charge in [0.15, 0.2) is 0 Å². The molecule has 7 heteroatoms. The molecule has 0 bridgehead atoms. The largest absolute Gasteiger partial charge is 0.241 e. The van der Waals surface area contributed by atoms with Crippen LogP contribution in [0.5, 0.6) is 0 Å². The van der Waals surface area contributed by atoms with Gasteiger partial charge in [-0.25, -0.2) is 21.9 Å². The number of nitrogens with one attached hydrogen (secondary N) is 1. The summed E-state index contributed by atoms with van der Waals surface area (Å²) < 4.78 is 53.3. The quantitative estimate of drug-likeness (QED) is 0.888. The fourth-order valence-corrected chi connectivity index (χ4v) is 3.94. The number of hydrogen-bond donors (Lipinski definition) is 1. The van der Waals surface area contributed by atoms with Gasteiger partial charge in [-0.15, -0.1) is 0 Å². The highest BCUT2D eigenvalue weighted by molar-refractivity contribution is 9.10. The molecular weight excluding hydrogens is 364 g/mol. The van der Waals surface area contributed by atoms with Gasteiger partial charge in [-0.2, -0.15) is 0 Å². The van der Waals surface area contributed by atoms with Gasteiger partial charge in [0.2, 0.25) is 10.0 Å². The van der Waals surface area contributed by atoms with Crippen LogP contribution >= 0.6 is 15.9 Å². The van der Waals surface area contributed by atoms with Crippen LogP contribution in [-0.4, -0.2) is 8.42 Å². The van der Waals surface area contributed by atoms with E-state index in [4.69, 9.17) is 0 Å². The number of benzene rings is 2. The molecule has 0 aliphatic heterocycles. The maximum absolute atomic E-state index is 13.5. The minimum atomic E-state index is -3.79. The zero-order valence-corrected chi connectivity index (χ0v) is 13.4. The summed E-state index contributed by atoms with van der Waals surface area (Å²) in [6, 6.07) is 7.80. The molecule has 0 aromatic heterocycles. The van der Waals surface area contributed by atoms with Crippen molar-refractivity contribution in [1.29, 1.82) is 0 Å². The first-order valence-corrected chi connectivity index (χ1v) is 8.27. The normalized spacial score (nSPS) is 11.6. The van der Waals surface area contributed by atoms with Crippen LogP contribution in [0.4, 0.5) is 8.78 Å². The zero-order chi connectivity index (χ0) is 15.6. The van der Waals surface area contributed by atoms with E-state index >= 15 is 0 Å². The summed E-state index contributed by atoms with van der Waals surface area (Å²) in [6.07, 6.45) is 0. The molecule has 0 radical (unpaired) electrons. The summed E-state index contributed by atoms with van der Waals surface area (Å²) in [6.45, 7) is 1.58. The van der Waals surface area contributed by atoms with Crippen LogP contribution in [-0.2, 0) is 16.6 Å². The number of aryl methyl sites for hydroxylation is 1. The Balaban J connectivity index is 2.22. The molecule has 0 spiro atoms. The van der Waals surface area contributed by atoms with Gasteiger partial charge in [0.1, 0.15) is 11.6 Å². The number of sulfonamides is 1. The third-order valence-electron chi connectivity index (χ3n) is 2.84. The van der Waals surface area contributed by atoms with Gasteiger partial charge in [-0.1, -0.05) is 12.1 Å². The molecule has 0 aliphatic carbocycles. The van der Waals surface area contributed by atoms with Crippen LogP contribution in [0.15, 0.2) is 45.8 Å². The Bertz CT molecular complexity index is 779. The molecule has 112 valence electrons. The summed E-state index contributed by atoms with van der Waals surface area (Å²) >= 11 is 3.19. The van der Waals surface area contributed by atoms with Gasteiger partial charge >= 0.3 is 0 Å². The zero-order valence-electron chi connectivity index (χ0n) is 11.0. The van der Waals surface area contributed by atoms with Crippen molar-refractivity contribution < 1.29 is 17.2 Å². The smallest absolute Gasteiger partial charge is 0.207 e. The SMILES string of the molecule is Cc1ccc(S(=O)(=O)NCc2ccc(F)cc2F)c(Br)c1. The lowest BCUT2D eigenvalue weighted by Crippen LogP contribution is -2.24. The molecule has 0 amide bonds. The highest BCUT2D eigenvalue weighted by Crippen LogP contribution is 2.23. The monoisotopic (exact) mass is 375 g/mol. The van der Waals surface area contributed by atoms with Gasteiger partial charge < -0.3 is 0 Å². The van der Waals surface area contributed by atoms with Crippen molar-refractivity contribution in [1.82, 2.24) is 4.72 Å². The first-order chi connectivity index (χ1) is 9.79. The average molecular weight is 376 g/mol. The minimum absolute atomic E-state index is 0.0654. The lowest BCUT2D eigenvalue weighted by Gasteiger charge is -2.09. The highest BCUT2D eigenvalue weighted by Gasteiger charge is 2.18. The Morgan fingerprint density at radius 2 is 1.86 bits per heavy atom. The first-order valence-electron chi connectivity index (χ1n) is 5.99. The van der Waals surface area contributed by atoms with Crippen LogP contribution in [0.2, 0.25) is 0 Å². The molecule has 1 N–H and O–H groups in total. The number of rotatable bonds is 4. The second-order valence-corrected chi connectivity index (χ2v) is 7.08. The summed E-state index contributed by atoms with van der Waals surface area (Å²) in [5, 5.41) is 0. The lowest BCUT2D eigenvalue weighted by molar-refractivity contribution is 0.562. The maximum atomic E-state index is 13.5. The minimum Gasteiger partial charge on any atom is -0.207 e. The summed E-state index contributed by atoms with van der Waals surface area (Å²) in [7, 11) is -3.79. The Morgan fingerprint density at radius 1 is 1.14 bits per heavy atom. The molecule has 0 saturated heterocycles. The Kier molecular flexibility index (Phi) is 4.75. The van der Waals surface area contributed by atoms with Crippen LogP contribution in [0, 0.1) is 18.6 Å². The Hall–Kier alpha value is -1.31. The Labute approximate surface area is 130 Å². The van der Waals surface area contributed by atoms with Crippen molar-refractivity contribution >= 4 is 26.0 Å². The summed E-state index contributed by atoms with van der Waals surface area (Å²) in [4.78, 5) is 0.0654. The molecular formula is C14H12BrF2NO2S. The molecule has 2 aromatic rings. The van der Waals surface area contributed by atoms with Crippen LogP contribution < -0.4 is 4.72 Å². The van der Waals surface area contributed by atoms with E-state index < -0.39 is 21.7 Å². The van der Waals surface area contributed by atoms with E-state index in [2.05, 4.69) is 20.7 Å². The second kappa shape index (κ2) is 6.21. The van der Waals surface area contributed by atoms with Crippen molar-refractivity contribution in [3.05, 3.63) is 63.6 Å². The first kappa shape index (κ1) is 16.1. The van der Waals surface area contributed by atoms with Crippen LogP contribution in [0.3, 0.4) is 0 Å². The fraction of sp³-hybridized carbons (Fsp3) is 0.143. The maximum Gasteiger partial charge on any atom is 0.241 e. The molecule has 3 nitrogen and oxygen atoms in total. The molecule has 0 unspecified atom stereocenters. The van der Waals surface area contributed by atoms with E-state index in [1.165, 1.54) is 12.1 Å². The van der Waals surface area contributed by atoms with Crippen molar-refractivity contribution in [3.8, 4) is 0 Å². The second-order valence-electron chi connectivity index (χ2n) is 4.49. The predicted molar refractivity (Wildman–Crippen MR) is 79.3 cm³/mol. The van der Waals surface area contributed by atoms with Crippen LogP contribution in [0.1, 0.15) is 11.1 Å². The van der Waals surface area contributed by atoms with Gasteiger partial charge in [0, 0.05) is 22.6 Å². The Morgan fingerprint density at radius 3 is 2.48 bits per heavy atom. The molecule has 0 aliphatic rings. The molecule has 2 rings (SSSR count). The van der Waals surface area contributed by atoms with E-state index in [-0.39, 0.29) is 17.0 Å². The van der Waals surface area contributed by atoms with E-state index in [0.717, 1.165) is 11.6 Å². The van der Waals surface area contributed by atoms with Gasteiger partial charge in [0.05, 0.1) is 4.90 Å². The molecule has 2 aromatic carbocycles. The van der Waals surface area contributed by atoms with Crippen molar-refractivity contribution in [2.45, 2.75) is 18.4 Å². The molecule has 0 atom stereocenters. The topological polar surface area (TPSA) is 46.2 Å². The summed E-state index contributed by atoms with van der Waals surface area (Å²) in [5.74, 6) is -1.50. The molecule has 0 saturated carbocycles. The standard InChI is InChI=1S/C14H12BrF2NO2S/c1-9-2-5-14(12(15)6-9)21(19,20)18-8-10-3-4-11(16)7-13(10)17/h2-7,18H,8H2,1H3. The molecule has 0 heterocycles. The van der Waals surface area contributed by atoms with Gasteiger partial charge in [-0.3, -0.25) is 0 Å². The average Bonchev–Trinajstić information content (AvgIpc) is 2.37. The molecule has 0 fully saturated rings. The van der Waals surface area contributed by atoms with E-state index in [1.807, 2.05) is 6.92 Å². The molecule has 21 heavy (non-hydrogen) atoms. The highest BCUT2D eigenvalue weighted by atomic mass is 79.9. The number of hydrogen-bond acceptors (Lipinski definition) is 2. The van der Waals surface area contributed by atoms with Gasteiger partial charge in [-0.05, 0) is 46.6 Å². The third-order valence-corrected chi connectivity index (χ3v) is 5.22.